The Morgan fingerprint density at radius 1 is 0.575 bits per heavy atom. The third-order valence-corrected chi connectivity index (χ3v) is 10.3. The standard InChI is InChI=1S/C38H70F2/c1-8-11-13-21-36(20-10-3,28-29-39)23-15-24-37(30-33(4)5,27-19-35-17-18-35)25-16-26-38(32-40,31-34(6)7)22-14-12-9-2/h35H,4,6,8-32H2,1-3,5,7H3. The molecule has 2 heteroatoms. The van der Waals surface area contributed by atoms with Gasteiger partial charge in [-0.25, -0.2) is 0 Å². The third-order valence-electron chi connectivity index (χ3n) is 10.3. The van der Waals surface area contributed by atoms with Crippen molar-refractivity contribution in [1.29, 1.82) is 0 Å². The first-order valence-corrected chi connectivity index (χ1v) is 17.5. The molecule has 0 aromatic heterocycles. The maximum Gasteiger partial charge on any atom is 0.0953 e. The van der Waals surface area contributed by atoms with Gasteiger partial charge in [-0.2, -0.15) is 0 Å². The van der Waals surface area contributed by atoms with Crippen LogP contribution in [0, 0.1) is 22.2 Å². The minimum absolute atomic E-state index is 0.175. The van der Waals surface area contributed by atoms with Gasteiger partial charge in [-0.05, 0) is 108 Å². The van der Waals surface area contributed by atoms with E-state index in [0.717, 1.165) is 75.7 Å². The van der Waals surface area contributed by atoms with Gasteiger partial charge in [0.1, 0.15) is 0 Å². The van der Waals surface area contributed by atoms with Gasteiger partial charge in [0.2, 0.25) is 0 Å². The van der Waals surface area contributed by atoms with E-state index in [1.54, 1.807) is 0 Å². The highest BCUT2D eigenvalue weighted by Gasteiger charge is 2.36. The zero-order valence-electron chi connectivity index (χ0n) is 27.9. The van der Waals surface area contributed by atoms with Gasteiger partial charge in [0.25, 0.3) is 0 Å². The van der Waals surface area contributed by atoms with Crippen molar-refractivity contribution < 1.29 is 8.78 Å². The Labute approximate surface area is 250 Å². The molecule has 236 valence electrons. The Bertz CT molecular complexity index is 671. The van der Waals surface area contributed by atoms with Gasteiger partial charge in [0.15, 0.2) is 0 Å². The predicted molar refractivity (Wildman–Crippen MR) is 176 cm³/mol. The zero-order valence-corrected chi connectivity index (χ0v) is 27.9. The third kappa shape index (κ3) is 15.0. The van der Waals surface area contributed by atoms with Crippen molar-refractivity contribution >= 4 is 0 Å². The first kappa shape index (κ1) is 37.4. The molecule has 3 unspecified atom stereocenters. The van der Waals surface area contributed by atoms with E-state index in [0.29, 0.717) is 0 Å². The summed E-state index contributed by atoms with van der Waals surface area (Å²) in [7, 11) is 0. The summed E-state index contributed by atoms with van der Waals surface area (Å²) in [6, 6.07) is 0. The summed E-state index contributed by atoms with van der Waals surface area (Å²) >= 11 is 0. The van der Waals surface area contributed by atoms with Crippen LogP contribution in [0.5, 0.6) is 0 Å². The van der Waals surface area contributed by atoms with Crippen LogP contribution in [-0.2, 0) is 0 Å². The molecule has 0 amide bonds. The Balaban J connectivity index is 3.07. The number of alkyl halides is 2. The molecule has 0 aliphatic heterocycles. The number of hydrogen-bond donors (Lipinski definition) is 0. The lowest BCUT2D eigenvalue weighted by Gasteiger charge is -2.39. The highest BCUT2D eigenvalue weighted by atomic mass is 19.1. The van der Waals surface area contributed by atoms with Crippen LogP contribution in [-0.4, -0.2) is 13.3 Å². The van der Waals surface area contributed by atoms with Gasteiger partial charge in [0, 0.05) is 5.41 Å². The van der Waals surface area contributed by atoms with Crippen LogP contribution >= 0.6 is 0 Å². The number of allylic oxidation sites excluding steroid dienone is 2. The topological polar surface area (TPSA) is 0 Å². The minimum Gasteiger partial charge on any atom is -0.251 e. The van der Waals surface area contributed by atoms with Crippen LogP contribution in [0.3, 0.4) is 0 Å². The Morgan fingerprint density at radius 2 is 1.05 bits per heavy atom. The molecule has 40 heavy (non-hydrogen) atoms. The largest absolute Gasteiger partial charge is 0.251 e. The van der Waals surface area contributed by atoms with E-state index < -0.39 is 0 Å². The monoisotopic (exact) mass is 565 g/mol. The van der Waals surface area contributed by atoms with Crippen molar-refractivity contribution in [3.8, 4) is 0 Å². The summed E-state index contributed by atoms with van der Waals surface area (Å²) in [5.74, 6) is 0.923. The second kappa shape index (κ2) is 20.3. The Morgan fingerprint density at radius 3 is 1.50 bits per heavy atom. The van der Waals surface area contributed by atoms with E-state index in [1.807, 2.05) is 0 Å². The molecule has 0 bridgehead atoms. The minimum atomic E-state index is -0.233. The summed E-state index contributed by atoms with van der Waals surface area (Å²) < 4.78 is 28.5. The van der Waals surface area contributed by atoms with Crippen molar-refractivity contribution in [1.82, 2.24) is 0 Å². The lowest BCUT2D eigenvalue weighted by Crippen LogP contribution is -2.28. The molecule has 0 aromatic rings. The van der Waals surface area contributed by atoms with Gasteiger partial charge in [0.05, 0.1) is 13.3 Å². The van der Waals surface area contributed by atoms with Gasteiger partial charge < -0.3 is 0 Å². The summed E-state index contributed by atoms with van der Waals surface area (Å²) in [4.78, 5) is 0. The van der Waals surface area contributed by atoms with E-state index in [9.17, 15) is 8.78 Å². The molecule has 0 heterocycles. The van der Waals surface area contributed by atoms with Crippen molar-refractivity contribution in [3.05, 3.63) is 24.3 Å². The van der Waals surface area contributed by atoms with Gasteiger partial charge in [-0.15, -0.1) is 13.2 Å². The average Bonchev–Trinajstić information content (AvgIpc) is 3.72. The Kier molecular flexibility index (Phi) is 18.9. The summed E-state index contributed by atoms with van der Waals surface area (Å²) in [6.45, 7) is 19.2. The molecular weight excluding hydrogens is 494 g/mol. The molecule has 0 radical (unpaired) electrons. The predicted octanol–water partition coefficient (Wildman–Crippen LogP) is 13.7. The van der Waals surface area contributed by atoms with E-state index in [2.05, 4.69) is 47.8 Å². The molecule has 0 saturated heterocycles. The fourth-order valence-corrected chi connectivity index (χ4v) is 7.98. The van der Waals surface area contributed by atoms with Crippen LogP contribution < -0.4 is 0 Å². The molecule has 1 aliphatic carbocycles. The molecule has 0 nitrogen and oxygen atoms in total. The summed E-state index contributed by atoms with van der Waals surface area (Å²) in [5.41, 5.74) is 2.63. The molecule has 1 rings (SSSR count). The van der Waals surface area contributed by atoms with E-state index >= 15 is 0 Å². The fraction of sp³-hybridized carbons (Fsp3) is 0.895. The molecule has 0 spiro atoms. The first-order valence-electron chi connectivity index (χ1n) is 17.5. The number of hydrogen-bond acceptors (Lipinski definition) is 0. The zero-order chi connectivity index (χ0) is 29.9. The van der Waals surface area contributed by atoms with E-state index in [4.69, 9.17) is 0 Å². The van der Waals surface area contributed by atoms with Crippen molar-refractivity contribution in [3.63, 3.8) is 0 Å². The average molecular weight is 565 g/mol. The fourth-order valence-electron chi connectivity index (χ4n) is 7.98. The molecule has 0 N–H and O–H groups in total. The number of unbranched alkanes of at least 4 members (excludes halogenated alkanes) is 4. The Hall–Kier alpha value is -0.660. The molecule has 3 atom stereocenters. The summed E-state index contributed by atoms with van der Waals surface area (Å²) in [6.07, 6.45) is 26.6. The van der Waals surface area contributed by atoms with Gasteiger partial charge in [-0.1, -0.05) is 103 Å². The summed E-state index contributed by atoms with van der Waals surface area (Å²) in [5, 5.41) is 0. The van der Waals surface area contributed by atoms with E-state index in [-0.39, 0.29) is 29.6 Å². The molecular formula is C38H70F2. The lowest BCUT2D eigenvalue weighted by atomic mass is 9.66. The molecule has 1 aliphatic rings. The molecule has 1 fully saturated rings. The van der Waals surface area contributed by atoms with Gasteiger partial charge >= 0.3 is 0 Å². The maximum atomic E-state index is 14.7. The van der Waals surface area contributed by atoms with Crippen LogP contribution in [0.2, 0.25) is 0 Å². The molecule has 0 aromatic carbocycles. The first-order chi connectivity index (χ1) is 19.1. The quantitative estimate of drug-likeness (QED) is 0.0655. The molecule has 1 saturated carbocycles. The maximum absolute atomic E-state index is 14.7. The second-order valence-electron chi connectivity index (χ2n) is 14.7. The van der Waals surface area contributed by atoms with Crippen molar-refractivity contribution in [2.45, 2.75) is 182 Å². The highest BCUT2D eigenvalue weighted by Crippen LogP contribution is 2.49. The van der Waals surface area contributed by atoms with Crippen LogP contribution in [0.1, 0.15) is 182 Å². The smallest absolute Gasteiger partial charge is 0.0953 e. The second-order valence-corrected chi connectivity index (χ2v) is 14.7. The van der Waals surface area contributed by atoms with Gasteiger partial charge in [-0.3, -0.25) is 8.78 Å². The normalized spacial score (nSPS) is 18.2. The number of halogens is 2. The van der Waals surface area contributed by atoms with Crippen molar-refractivity contribution in [2.24, 2.45) is 22.2 Å². The SMILES string of the molecule is C=C(C)CC(CF)(CCCCC)CCCC(CCCC(CCC)(CCF)CCCCC)(CCC1CC1)CC(=C)C. The van der Waals surface area contributed by atoms with E-state index in [1.165, 1.54) is 89.0 Å². The highest BCUT2D eigenvalue weighted by molar-refractivity contribution is 5.00. The van der Waals surface area contributed by atoms with Crippen LogP contribution in [0.4, 0.5) is 8.78 Å². The van der Waals surface area contributed by atoms with Crippen LogP contribution in [0.25, 0.3) is 0 Å². The van der Waals surface area contributed by atoms with Crippen LogP contribution in [0.15, 0.2) is 24.3 Å². The number of rotatable bonds is 28. The lowest BCUT2D eigenvalue weighted by molar-refractivity contribution is 0.123. The van der Waals surface area contributed by atoms with Crippen molar-refractivity contribution in [2.75, 3.05) is 13.3 Å².